The van der Waals surface area contributed by atoms with Crippen molar-refractivity contribution >= 4 is 35.5 Å². The Balaban J connectivity index is 1.45. The second-order valence-corrected chi connectivity index (χ2v) is 11.2. The summed E-state index contributed by atoms with van der Waals surface area (Å²) in [5, 5.41) is 2.85. The highest BCUT2D eigenvalue weighted by molar-refractivity contribution is 7.98. The normalized spacial score (nSPS) is 39.8. The molecule has 9 atom stereocenters. The number of hydrogen-bond acceptors (Lipinski definition) is 9. The highest BCUT2D eigenvalue weighted by Gasteiger charge is 2.66. The van der Waals surface area contributed by atoms with Crippen molar-refractivity contribution in [1.82, 2.24) is 4.90 Å². The van der Waals surface area contributed by atoms with Gasteiger partial charge in [0, 0.05) is 17.2 Å². The molecule has 3 heterocycles. The standard InChI is InChI=1S/C25H32N2O7S/c1-12-18-15-10-13(23(29)31-15)19(27(3)4)20(21-25(2,34-21)11-16(18)32-22(12)28)33-24(30)26-14-8-6-7-9-17(14)35-5/h6-9,12-13,15-16,18-21H,10-11H2,1-5H3,(H,26,30). The number of carbonyl (C=O) groups excluding carboxylic acids is 3. The number of esters is 2. The van der Waals surface area contributed by atoms with Crippen LogP contribution in [0.4, 0.5) is 10.5 Å². The second kappa shape index (κ2) is 8.97. The summed E-state index contributed by atoms with van der Waals surface area (Å²) in [5.74, 6) is -1.72. The third-order valence-electron chi connectivity index (χ3n) is 7.91. The minimum atomic E-state index is -0.723. The van der Waals surface area contributed by atoms with Gasteiger partial charge in [-0.3, -0.25) is 14.9 Å². The predicted molar refractivity (Wildman–Crippen MR) is 128 cm³/mol. The van der Waals surface area contributed by atoms with Crippen molar-refractivity contribution in [2.24, 2.45) is 17.8 Å². The lowest BCUT2D eigenvalue weighted by molar-refractivity contribution is -0.149. The Morgan fingerprint density at radius 2 is 1.89 bits per heavy atom. The van der Waals surface area contributed by atoms with Gasteiger partial charge in [-0.1, -0.05) is 19.1 Å². The summed E-state index contributed by atoms with van der Waals surface area (Å²) in [7, 11) is 3.73. The van der Waals surface area contributed by atoms with Gasteiger partial charge >= 0.3 is 18.0 Å². The zero-order valence-corrected chi connectivity index (χ0v) is 21.4. The number of hydrogen-bond donors (Lipinski definition) is 1. The Labute approximate surface area is 209 Å². The third-order valence-corrected chi connectivity index (χ3v) is 8.71. The van der Waals surface area contributed by atoms with E-state index >= 15 is 0 Å². The number of amides is 1. The molecule has 1 N–H and O–H groups in total. The summed E-state index contributed by atoms with van der Waals surface area (Å²) in [6.45, 7) is 3.78. The van der Waals surface area contributed by atoms with Crippen LogP contribution in [-0.4, -0.2) is 79.3 Å². The maximum absolute atomic E-state index is 13.1. The number of ether oxygens (including phenoxy) is 4. The maximum Gasteiger partial charge on any atom is 0.412 e. The smallest absolute Gasteiger partial charge is 0.412 e. The summed E-state index contributed by atoms with van der Waals surface area (Å²) in [6, 6.07) is 7.03. The van der Waals surface area contributed by atoms with Crippen molar-refractivity contribution in [1.29, 1.82) is 0 Å². The van der Waals surface area contributed by atoms with Gasteiger partial charge < -0.3 is 23.8 Å². The number of likely N-dealkylation sites (N-methyl/N-ethyl adjacent to an activating group) is 1. The molecule has 3 aliphatic heterocycles. The monoisotopic (exact) mass is 504 g/mol. The Morgan fingerprint density at radius 3 is 2.60 bits per heavy atom. The molecule has 4 aliphatic rings. The van der Waals surface area contributed by atoms with Gasteiger partial charge in [-0.15, -0.1) is 11.8 Å². The first-order valence-corrected chi connectivity index (χ1v) is 13.2. The highest BCUT2D eigenvalue weighted by Crippen LogP contribution is 2.52. The molecule has 0 spiro atoms. The number of fused-ring (bicyclic) bond motifs is 5. The number of nitrogens with one attached hydrogen (secondary N) is 1. The average molecular weight is 505 g/mol. The van der Waals surface area contributed by atoms with Crippen LogP contribution in [0.5, 0.6) is 0 Å². The Hall–Kier alpha value is -2.30. The van der Waals surface area contributed by atoms with Crippen LogP contribution in [-0.2, 0) is 28.5 Å². The fraction of sp³-hybridized carbons (Fsp3) is 0.640. The number of para-hydroxylation sites is 1. The number of epoxide rings is 1. The van der Waals surface area contributed by atoms with Gasteiger partial charge in [-0.05, 0) is 45.8 Å². The molecule has 2 bridgehead atoms. The Morgan fingerprint density at radius 1 is 1.17 bits per heavy atom. The summed E-state index contributed by atoms with van der Waals surface area (Å²) >= 11 is 1.52. The molecule has 35 heavy (non-hydrogen) atoms. The predicted octanol–water partition coefficient (Wildman–Crippen LogP) is 2.93. The van der Waals surface area contributed by atoms with Crippen molar-refractivity contribution in [3.63, 3.8) is 0 Å². The number of carbonyl (C=O) groups is 3. The van der Waals surface area contributed by atoms with E-state index < -0.39 is 48.1 Å². The molecule has 1 saturated carbocycles. The SMILES string of the molecule is CSc1ccccc1NC(=O)OC1C(N(C)C)C2CC(OC2=O)C2C(CC3(C)OC13)OC(=O)C2C. The topological polar surface area (TPSA) is 107 Å². The van der Waals surface area contributed by atoms with E-state index in [1.165, 1.54) is 11.8 Å². The summed E-state index contributed by atoms with van der Waals surface area (Å²) in [6.07, 6.45) is 0.199. The quantitative estimate of drug-likeness (QED) is 0.287. The van der Waals surface area contributed by atoms with E-state index in [1.807, 2.05) is 63.4 Å². The first-order chi connectivity index (χ1) is 16.6. The number of thioether (sulfide) groups is 1. The van der Waals surface area contributed by atoms with Gasteiger partial charge in [0.15, 0.2) is 0 Å². The fourth-order valence-corrected chi connectivity index (χ4v) is 6.69. The molecule has 5 rings (SSSR count). The van der Waals surface area contributed by atoms with Crippen LogP contribution in [0.15, 0.2) is 29.2 Å². The molecule has 1 amide bonds. The van der Waals surface area contributed by atoms with Gasteiger partial charge in [0.25, 0.3) is 0 Å². The van der Waals surface area contributed by atoms with Crippen molar-refractivity contribution in [2.75, 3.05) is 25.7 Å². The number of nitrogens with zero attached hydrogens (tertiary/aromatic N) is 1. The molecule has 3 saturated heterocycles. The molecule has 10 heteroatoms. The molecule has 1 aromatic carbocycles. The molecule has 1 aliphatic carbocycles. The average Bonchev–Trinajstić information content (AvgIpc) is 3.20. The molecular weight excluding hydrogens is 472 g/mol. The molecule has 190 valence electrons. The number of benzene rings is 1. The first kappa shape index (κ1) is 24.4. The van der Waals surface area contributed by atoms with Crippen molar-refractivity contribution in [3.05, 3.63) is 24.3 Å². The lowest BCUT2D eigenvalue weighted by Gasteiger charge is -2.35. The van der Waals surface area contributed by atoms with E-state index in [0.717, 1.165) is 4.90 Å². The van der Waals surface area contributed by atoms with Crippen LogP contribution in [0.2, 0.25) is 0 Å². The van der Waals surface area contributed by atoms with Crippen molar-refractivity contribution < 1.29 is 33.3 Å². The van der Waals surface area contributed by atoms with E-state index in [-0.39, 0.29) is 23.8 Å². The Kier molecular flexibility index (Phi) is 6.26. The van der Waals surface area contributed by atoms with E-state index in [0.29, 0.717) is 18.5 Å². The Bertz CT molecular complexity index is 1030. The molecule has 4 fully saturated rings. The summed E-state index contributed by atoms with van der Waals surface area (Å²) in [4.78, 5) is 41.5. The van der Waals surface area contributed by atoms with Gasteiger partial charge in [0.2, 0.25) is 0 Å². The zero-order valence-electron chi connectivity index (χ0n) is 20.6. The third kappa shape index (κ3) is 4.29. The minimum Gasteiger partial charge on any atom is -0.462 e. The second-order valence-electron chi connectivity index (χ2n) is 10.4. The van der Waals surface area contributed by atoms with Gasteiger partial charge in [-0.2, -0.15) is 0 Å². The highest BCUT2D eigenvalue weighted by atomic mass is 32.2. The largest absolute Gasteiger partial charge is 0.462 e. The molecule has 0 radical (unpaired) electrons. The van der Waals surface area contributed by atoms with Crippen molar-refractivity contribution in [3.8, 4) is 0 Å². The lowest BCUT2D eigenvalue weighted by atomic mass is 9.76. The van der Waals surface area contributed by atoms with E-state index in [9.17, 15) is 14.4 Å². The molecule has 1 aromatic rings. The minimum absolute atomic E-state index is 0.218. The number of anilines is 1. The van der Waals surface area contributed by atoms with Gasteiger partial charge in [-0.25, -0.2) is 4.79 Å². The van der Waals surface area contributed by atoms with E-state index in [4.69, 9.17) is 18.9 Å². The van der Waals surface area contributed by atoms with Crippen LogP contribution < -0.4 is 5.32 Å². The maximum atomic E-state index is 13.1. The lowest BCUT2D eigenvalue weighted by Crippen LogP contribution is -2.52. The van der Waals surface area contributed by atoms with Crippen LogP contribution in [0.1, 0.15) is 26.7 Å². The zero-order chi connectivity index (χ0) is 25.1. The molecular formula is C25H32N2O7S. The molecule has 9 unspecified atom stereocenters. The van der Waals surface area contributed by atoms with Crippen LogP contribution in [0, 0.1) is 17.8 Å². The van der Waals surface area contributed by atoms with E-state index in [1.54, 1.807) is 0 Å². The van der Waals surface area contributed by atoms with E-state index in [2.05, 4.69) is 5.32 Å². The summed E-state index contributed by atoms with van der Waals surface area (Å²) in [5.41, 5.74) is 0.00417. The fourth-order valence-electron chi connectivity index (χ4n) is 6.14. The van der Waals surface area contributed by atoms with Crippen LogP contribution >= 0.6 is 11.8 Å². The number of rotatable bonds is 4. The van der Waals surface area contributed by atoms with Gasteiger partial charge in [0.05, 0.1) is 29.2 Å². The molecule has 9 nitrogen and oxygen atoms in total. The van der Waals surface area contributed by atoms with Crippen LogP contribution in [0.25, 0.3) is 0 Å². The molecule has 0 aromatic heterocycles. The van der Waals surface area contributed by atoms with Gasteiger partial charge in [0.1, 0.15) is 24.4 Å². The van der Waals surface area contributed by atoms with Crippen LogP contribution in [0.3, 0.4) is 0 Å². The summed E-state index contributed by atoms with van der Waals surface area (Å²) < 4.78 is 23.7. The van der Waals surface area contributed by atoms with Crippen molar-refractivity contribution in [2.45, 2.75) is 67.6 Å². The first-order valence-electron chi connectivity index (χ1n) is 12.0.